The zero-order valence-corrected chi connectivity index (χ0v) is 16.5. The number of hydrogen-bond acceptors (Lipinski definition) is 5. The van der Waals surface area contributed by atoms with Crippen LogP contribution in [0.2, 0.25) is 0 Å². The standard InChI is InChI=1S/C22H21F2N3O3/c1-2-7-29-19-5-3-15(4-6-19)21-25-22(30-26-21)16-10-20(28)27(13-16)12-14-8-17(23)11-18(24)9-14/h3-6,8-9,11,16H,2,7,10,12-13H2,1H3. The zero-order valence-electron chi connectivity index (χ0n) is 16.5. The summed E-state index contributed by atoms with van der Waals surface area (Å²) in [4.78, 5) is 18.4. The molecule has 1 amide bonds. The molecule has 8 heteroatoms. The minimum Gasteiger partial charge on any atom is -0.494 e. The summed E-state index contributed by atoms with van der Waals surface area (Å²) >= 11 is 0. The molecule has 1 fully saturated rings. The molecule has 3 aromatic rings. The van der Waals surface area contributed by atoms with Crippen molar-refractivity contribution < 1.29 is 22.8 Å². The van der Waals surface area contributed by atoms with Gasteiger partial charge in [-0.3, -0.25) is 4.79 Å². The van der Waals surface area contributed by atoms with Crippen molar-refractivity contribution in [2.24, 2.45) is 0 Å². The number of hydrogen-bond donors (Lipinski definition) is 0. The summed E-state index contributed by atoms with van der Waals surface area (Å²) in [6, 6.07) is 10.7. The fraction of sp³-hybridized carbons (Fsp3) is 0.318. The van der Waals surface area contributed by atoms with E-state index in [4.69, 9.17) is 9.26 Å². The van der Waals surface area contributed by atoms with Crippen LogP contribution in [0.3, 0.4) is 0 Å². The number of carbonyl (C=O) groups is 1. The Morgan fingerprint density at radius 1 is 1.17 bits per heavy atom. The predicted octanol–water partition coefficient (Wildman–Crippen LogP) is 4.32. The van der Waals surface area contributed by atoms with E-state index in [-0.39, 0.29) is 24.8 Å². The van der Waals surface area contributed by atoms with Crippen LogP contribution in [-0.2, 0) is 11.3 Å². The molecule has 156 valence electrons. The molecule has 0 aliphatic carbocycles. The Kier molecular flexibility index (Phi) is 5.74. The lowest BCUT2D eigenvalue weighted by Gasteiger charge is -2.16. The first-order valence-corrected chi connectivity index (χ1v) is 9.81. The van der Waals surface area contributed by atoms with Crippen molar-refractivity contribution in [2.75, 3.05) is 13.2 Å². The van der Waals surface area contributed by atoms with Crippen molar-refractivity contribution in [2.45, 2.75) is 32.2 Å². The fourth-order valence-electron chi connectivity index (χ4n) is 3.45. The summed E-state index contributed by atoms with van der Waals surface area (Å²) in [6.07, 6.45) is 1.14. The SMILES string of the molecule is CCCOc1ccc(-c2noc(C3CC(=O)N(Cc4cc(F)cc(F)c4)C3)n2)cc1. The van der Waals surface area contributed by atoms with Gasteiger partial charge < -0.3 is 14.2 Å². The topological polar surface area (TPSA) is 68.5 Å². The van der Waals surface area contributed by atoms with Gasteiger partial charge in [0, 0.05) is 31.1 Å². The number of rotatable bonds is 7. The average molecular weight is 413 g/mol. The number of nitrogens with zero attached hydrogens (tertiary/aromatic N) is 3. The highest BCUT2D eigenvalue weighted by Gasteiger charge is 2.34. The van der Waals surface area contributed by atoms with Gasteiger partial charge in [-0.25, -0.2) is 8.78 Å². The third kappa shape index (κ3) is 4.48. The van der Waals surface area contributed by atoms with E-state index in [2.05, 4.69) is 10.1 Å². The summed E-state index contributed by atoms with van der Waals surface area (Å²) in [6.45, 7) is 3.17. The van der Waals surface area contributed by atoms with Crippen LogP contribution in [0.5, 0.6) is 5.75 Å². The maximum atomic E-state index is 13.4. The molecular weight excluding hydrogens is 392 g/mol. The third-order valence-corrected chi connectivity index (χ3v) is 4.89. The van der Waals surface area contributed by atoms with E-state index in [1.54, 1.807) is 4.90 Å². The second kappa shape index (κ2) is 8.61. The Balaban J connectivity index is 1.43. The van der Waals surface area contributed by atoms with Gasteiger partial charge in [-0.15, -0.1) is 0 Å². The zero-order chi connectivity index (χ0) is 21.1. The second-order valence-electron chi connectivity index (χ2n) is 7.28. The molecular formula is C22H21F2N3O3. The smallest absolute Gasteiger partial charge is 0.232 e. The molecule has 1 atom stereocenters. The summed E-state index contributed by atoms with van der Waals surface area (Å²) in [7, 11) is 0. The van der Waals surface area contributed by atoms with E-state index in [9.17, 15) is 13.6 Å². The van der Waals surface area contributed by atoms with Crippen molar-refractivity contribution in [3.63, 3.8) is 0 Å². The van der Waals surface area contributed by atoms with Crippen LogP contribution >= 0.6 is 0 Å². The molecule has 6 nitrogen and oxygen atoms in total. The predicted molar refractivity (Wildman–Crippen MR) is 105 cm³/mol. The minimum absolute atomic E-state index is 0.123. The van der Waals surface area contributed by atoms with Crippen molar-refractivity contribution in [3.8, 4) is 17.1 Å². The van der Waals surface area contributed by atoms with E-state index < -0.39 is 11.6 Å². The Morgan fingerprint density at radius 2 is 1.90 bits per heavy atom. The van der Waals surface area contributed by atoms with E-state index in [1.807, 2.05) is 31.2 Å². The Morgan fingerprint density at radius 3 is 2.60 bits per heavy atom. The van der Waals surface area contributed by atoms with Crippen LogP contribution in [0.1, 0.15) is 37.1 Å². The normalized spacial score (nSPS) is 16.3. The highest BCUT2D eigenvalue weighted by atomic mass is 19.1. The quantitative estimate of drug-likeness (QED) is 0.577. The molecule has 0 radical (unpaired) electrons. The van der Waals surface area contributed by atoms with Crippen LogP contribution in [0, 0.1) is 11.6 Å². The van der Waals surface area contributed by atoms with Gasteiger partial charge in [0.25, 0.3) is 0 Å². The van der Waals surface area contributed by atoms with Crippen molar-refractivity contribution in [1.82, 2.24) is 15.0 Å². The van der Waals surface area contributed by atoms with Gasteiger partial charge in [0.2, 0.25) is 17.6 Å². The number of amides is 1. The highest BCUT2D eigenvalue weighted by molar-refractivity contribution is 5.79. The molecule has 1 aliphatic heterocycles. The van der Waals surface area contributed by atoms with Crippen LogP contribution in [-0.4, -0.2) is 34.1 Å². The van der Waals surface area contributed by atoms with Crippen molar-refractivity contribution in [1.29, 1.82) is 0 Å². The van der Waals surface area contributed by atoms with Gasteiger partial charge in [0.1, 0.15) is 17.4 Å². The maximum absolute atomic E-state index is 13.4. The molecule has 0 saturated carbocycles. The van der Waals surface area contributed by atoms with Gasteiger partial charge in [0.15, 0.2) is 0 Å². The lowest BCUT2D eigenvalue weighted by Crippen LogP contribution is -2.24. The molecule has 30 heavy (non-hydrogen) atoms. The molecule has 1 saturated heterocycles. The molecule has 1 aromatic heterocycles. The van der Waals surface area contributed by atoms with Gasteiger partial charge in [-0.2, -0.15) is 4.98 Å². The van der Waals surface area contributed by atoms with Gasteiger partial charge >= 0.3 is 0 Å². The summed E-state index contributed by atoms with van der Waals surface area (Å²) in [5.41, 5.74) is 1.18. The maximum Gasteiger partial charge on any atom is 0.232 e. The fourth-order valence-corrected chi connectivity index (χ4v) is 3.45. The van der Waals surface area contributed by atoms with Crippen LogP contribution in [0.15, 0.2) is 47.0 Å². The van der Waals surface area contributed by atoms with Gasteiger partial charge in [0.05, 0.1) is 12.5 Å². The first-order chi connectivity index (χ1) is 14.5. The second-order valence-corrected chi connectivity index (χ2v) is 7.28. The molecule has 2 aromatic carbocycles. The number of ether oxygens (including phenoxy) is 1. The number of carbonyl (C=O) groups excluding carboxylic acids is 1. The lowest BCUT2D eigenvalue weighted by molar-refractivity contribution is -0.128. The molecule has 1 aliphatic rings. The van der Waals surface area contributed by atoms with Crippen LogP contribution < -0.4 is 4.74 Å². The number of benzene rings is 2. The van der Waals surface area contributed by atoms with Gasteiger partial charge in [-0.1, -0.05) is 12.1 Å². The molecule has 0 bridgehead atoms. The monoisotopic (exact) mass is 413 g/mol. The van der Waals surface area contributed by atoms with E-state index in [1.165, 1.54) is 12.1 Å². The minimum atomic E-state index is -0.666. The summed E-state index contributed by atoms with van der Waals surface area (Å²) in [5.74, 6) is -0.134. The molecule has 1 unspecified atom stereocenters. The van der Waals surface area contributed by atoms with E-state index in [0.29, 0.717) is 30.4 Å². The van der Waals surface area contributed by atoms with Gasteiger partial charge in [-0.05, 0) is 48.4 Å². The third-order valence-electron chi connectivity index (χ3n) is 4.89. The number of halogens is 2. The largest absolute Gasteiger partial charge is 0.494 e. The number of aromatic nitrogens is 2. The van der Waals surface area contributed by atoms with Crippen LogP contribution in [0.25, 0.3) is 11.4 Å². The average Bonchev–Trinajstić information content (AvgIpc) is 3.33. The van der Waals surface area contributed by atoms with E-state index >= 15 is 0 Å². The first kappa shape index (κ1) is 20.0. The lowest BCUT2D eigenvalue weighted by atomic mass is 10.1. The molecule has 0 spiro atoms. The molecule has 4 rings (SSSR count). The molecule has 2 heterocycles. The van der Waals surface area contributed by atoms with Crippen molar-refractivity contribution in [3.05, 3.63) is 65.6 Å². The number of likely N-dealkylation sites (tertiary alicyclic amines) is 1. The summed E-state index contributed by atoms with van der Waals surface area (Å²) in [5, 5.41) is 4.02. The van der Waals surface area contributed by atoms with E-state index in [0.717, 1.165) is 23.8 Å². The highest BCUT2D eigenvalue weighted by Crippen LogP contribution is 2.30. The Bertz CT molecular complexity index is 1020. The first-order valence-electron chi connectivity index (χ1n) is 9.81. The summed E-state index contributed by atoms with van der Waals surface area (Å²) < 4.78 is 37.8. The Hall–Kier alpha value is -3.29. The van der Waals surface area contributed by atoms with Crippen molar-refractivity contribution >= 4 is 5.91 Å². The Labute approximate surface area is 172 Å². The van der Waals surface area contributed by atoms with Crippen LogP contribution in [0.4, 0.5) is 8.78 Å². The molecule has 0 N–H and O–H groups in total.